The normalized spacial score (nSPS) is 21.5. The predicted molar refractivity (Wildman–Crippen MR) is 121 cm³/mol. The van der Waals surface area contributed by atoms with Gasteiger partial charge in [-0.1, -0.05) is 6.07 Å². The largest absolute Gasteiger partial charge is 0.416 e. The van der Waals surface area contributed by atoms with E-state index < -0.39 is 17.6 Å². The summed E-state index contributed by atoms with van der Waals surface area (Å²) in [5, 5.41) is 5.25. The van der Waals surface area contributed by atoms with Crippen LogP contribution in [-0.2, 0) is 11.0 Å². The average molecular weight is 476 g/mol. The summed E-state index contributed by atoms with van der Waals surface area (Å²) in [4.78, 5) is 31.1. The monoisotopic (exact) mass is 475 g/mol. The summed E-state index contributed by atoms with van der Waals surface area (Å²) in [6.07, 6.45) is 1.45. The number of nitrogens with zero attached hydrogens (tertiary/aromatic N) is 2. The van der Waals surface area contributed by atoms with Crippen LogP contribution in [0.5, 0.6) is 0 Å². The van der Waals surface area contributed by atoms with Crippen LogP contribution in [0.15, 0.2) is 42.6 Å². The molecule has 7 nitrogen and oxygen atoms in total. The Kier molecular flexibility index (Phi) is 7.06. The Morgan fingerprint density at radius 2 is 1.82 bits per heavy atom. The minimum Gasteiger partial charge on any atom is -0.399 e. The zero-order valence-electron chi connectivity index (χ0n) is 18.6. The molecule has 0 atom stereocenters. The molecule has 10 heteroatoms. The lowest BCUT2D eigenvalue weighted by molar-refractivity contribution is -0.137. The highest BCUT2D eigenvalue weighted by Crippen LogP contribution is 2.35. The highest BCUT2D eigenvalue weighted by Gasteiger charge is 2.36. The quantitative estimate of drug-likeness (QED) is 0.597. The third-order valence-corrected chi connectivity index (χ3v) is 6.57. The van der Waals surface area contributed by atoms with E-state index in [2.05, 4.69) is 20.5 Å². The fraction of sp³-hybridized carbons (Fsp3) is 0.458. The Bertz CT molecular complexity index is 1030. The third kappa shape index (κ3) is 5.85. The van der Waals surface area contributed by atoms with Crippen molar-refractivity contribution >= 4 is 17.5 Å². The molecule has 2 heterocycles. The van der Waals surface area contributed by atoms with Crippen molar-refractivity contribution in [3.63, 3.8) is 0 Å². The number of alkyl halides is 3. The molecule has 0 unspecified atom stereocenters. The second-order valence-corrected chi connectivity index (χ2v) is 9.00. The van der Waals surface area contributed by atoms with Gasteiger partial charge in [0, 0.05) is 48.2 Å². The summed E-state index contributed by atoms with van der Waals surface area (Å²) in [7, 11) is 0. The first-order valence-corrected chi connectivity index (χ1v) is 11.4. The molecule has 0 radical (unpaired) electrons. The maximum Gasteiger partial charge on any atom is 0.416 e. The Hall–Kier alpha value is -3.14. The number of amides is 2. The van der Waals surface area contributed by atoms with E-state index in [0.717, 1.165) is 62.3 Å². The number of anilines is 1. The Morgan fingerprint density at radius 3 is 2.50 bits per heavy atom. The summed E-state index contributed by atoms with van der Waals surface area (Å²) < 4.78 is 38.4. The van der Waals surface area contributed by atoms with Gasteiger partial charge in [-0.05, 0) is 56.0 Å². The maximum atomic E-state index is 12.8. The molecule has 4 N–H and O–H groups in total. The van der Waals surface area contributed by atoms with Crippen LogP contribution < -0.4 is 16.4 Å². The summed E-state index contributed by atoms with van der Waals surface area (Å²) in [6.45, 7) is 1.21. The molecule has 1 aromatic carbocycles. The van der Waals surface area contributed by atoms with Crippen LogP contribution in [0.25, 0.3) is 0 Å². The SMILES string of the molecule is Nc1ccnc(C2CCC(N3CC(NC(=O)CNC(=O)c4cccc(C(F)(F)F)c4)C3)CC2)c1. The molecule has 2 fully saturated rings. The van der Waals surface area contributed by atoms with Crippen LogP contribution in [-0.4, -0.2) is 53.4 Å². The molecule has 2 amide bonds. The van der Waals surface area contributed by atoms with Crippen molar-refractivity contribution in [3.8, 4) is 0 Å². The molecule has 2 aliphatic rings. The molecular weight excluding hydrogens is 447 g/mol. The molecule has 1 aliphatic heterocycles. The minimum absolute atomic E-state index is 0.00581. The number of likely N-dealkylation sites (tertiary alicyclic amines) is 1. The molecule has 182 valence electrons. The summed E-state index contributed by atoms with van der Waals surface area (Å²) >= 11 is 0. The lowest BCUT2D eigenvalue weighted by Gasteiger charge is -2.46. The van der Waals surface area contributed by atoms with Crippen molar-refractivity contribution in [1.29, 1.82) is 0 Å². The highest BCUT2D eigenvalue weighted by atomic mass is 19.4. The molecule has 1 saturated heterocycles. The number of rotatable bonds is 6. The zero-order chi connectivity index (χ0) is 24.3. The number of nitrogens with two attached hydrogens (primary N) is 1. The Morgan fingerprint density at radius 1 is 1.09 bits per heavy atom. The average Bonchev–Trinajstić information content (AvgIpc) is 2.79. The number of benzene rings is 1. The number of pyridine rings is 1. The summed E-state index contributed by atoms with van der Waals surface area (Å²) in [5.74, 6) is -0.652. The molecule has 1 aromatic heterocycles. The number of nitrogen functional groups attached to an aromatic ring is 1. The van der Waals surface area contributed by atoms with Gasteiger partial charge in [0.2, 0.25) is 5.91 Å². The number of aromatic nitrogens is 1. The second kappa shape index (κ2) is 10.0. The molecule has 2 aromatic rings. The van der Waals surface area contributed by atoms with E-state index in [-0.39, 0.29) is 24.1 Å². The van der Waals surface area contributed by atoms with Crippen LogP contribution >= 0.6 is 0 Å². The maximum absolute atomic E-state index is 12.8. The van der Waals surface area contributed by atoms with Crippen LogP contribution in [0.2, 0.25) is 0 Å². The van der Waals surface area contributed by atoms with E-state index >= 15 is 0 Å². The third-order valence-electron chi connectivity index (χ3n) is 6.57. The summed E-state index contributed by atoms with van der Waals surface area (Å²) in [5.41, 5.74) is 6.62. The van der Waals surface area contributed by atoms with Gasteiger partial charge in [0.05, 0.1) is 18.2 Å². The van der Waals surface area contributed by atoms with Crippen molar-refractivity contribution < 1.29 is 22.8 Å². The summed E-state index contributed by atoms with van der Waals surface area (Å²) in [6, 6.07) is 8.34. The van der Waals surface area contributed by atoms with Crippen LogP contribution in [0.1, 0.15) is 53.2 Å². The number of hydrogen-bond acceptors (Lipinski definition) is 5. The van der Waals surface area contributed by atoms with E-state index in [1.54, 1.807) is 12.3 Å². The van der Waals surface area contributed by atoms with Crippen molar-refractivity contribution in [3.05, 3.63) is 59.4 Å². The van der Waals surface area contributed by atoms with Crippen molar-refractivity contribution in [2.75, 3.05) is 25.4 Å². The standard InChI is InChI=1S/C24H28F3N5O2/c25-24(26,27)17-3-1-2-16(10-17)23(34)30-12-22(33)31-19-13-32(14-19)20-6-4-15(5-7-20)21-11-18(28)8-9-29-21/h1-3,8-11,15,19-20H,4-7,12-14H2,(H2,28,29)(H,30,34)(H,31,33). The fourth-order valence-corrected chi connectivity index (χ4v) is 4.71. The fourth-order valence-electron chi connectivity index (χ4n) is 4.71. The van der Waals surface area contributed by atoms with Gasteiger partial charge in [-0.2, -0.15) is 13.2 Å². The Balaban J connectivity index is 1.16. The number of hydrogen-bond donors (Lipinski definition) is 3. The first-order valence-electron chi connectivity index (χ1n) is 11.4. The van der Waals surface area contributed by atoms with Crippen molar-refractivity contribution in [2.45, 2.75) is 49.9 Å². The number of nitrogens with one attached hydrogen (secondary N) is 2. The first kappa shape index (κ1) is 24.0. The van der Waals surface area contributed by atoms with Gasteiger partial charge in [0.1, 0.15) is 0 Å². The van der Waals surface area contributed by atoms with E-state index in [0.29, 0.717) is 12.0 Å². The van der Waals surface area contributed by atoms with E-state index in [9.17, 15) is 22.8 Å². The zero-order valence-corrected chi connectivity index (χ0v) is 18.6. The van der Waals surface area contributed by atoms with Gasteiger partial charge >= 0.3 is 6.18 Å². The molecule has 0 bridgehead atoms. The van der Waals surface area contributed by atoms with Gasteiger partial charge in [-0.25, -0.2) is 0 Å². The number of carbonyl (C=O) groups is 2. The van der Waals surface area contributed by atoms with Gasteiger partial charge in [0.15, 0.2) is 0 Å². The second-order valence-electron chi connectivity index (χ2n) is 9.00. The molecule has 1 saturated carbocycles. The molecule has 0 spiro atoms. The molecular formula is C24H28F3N5O2. The lowest BCUT2D eigenvalue weighted by atomic mass is 9.82. The van der Waals surface area contributed by atoms with Crippen LogP contribution in [0.3, 0.4) is 0 Å². The van der Waals surface area contributed by atoms with Gasteiger partial charge < -0.3 is 16.4 Å². The van der Waals surface area contributed by atoms with Crippen LogP contribution in [0, 0.1) is 0 Å². The smallest absolute Gasteiger partial charge is 0.399 e. The van der Waals surface area contributed by atoms with Crippen molar-refractivity contribution in [2.24, 2.45) is 0 Å². The van der Waals surface area contributed by atoms with Gasteiger partial charge in [-0.3, -0.25) is 19.5 Å². The number of halogens is 3. The van der Waals surface area contributed by atoms with Gasteiger partial charge in [0.25, 0.3) is 5.91 Å². The molecule has 34 heavy (non-hydrogen) atoms. The van der Waals surface area contributed by atoms with E-state index in [1.165, 1.54) is 12.1 Å². The van der Waals surface area contributed by atoms with Crippen LogP contribution in [0.4, 0.5) is 18.9 Å². The van der Waals surface area contributed by atoms with E-state index in [4.69, 9.17) is 5.73 Å². The van der Waals surface area contributed by atoms with Crippen molar-refractivity contribution in [1.82, 2.24) is 20.5 Å². The first-order chi connectivity index (χ1) is 16.2. The predicted octanol–water partition coefficient (Wildman–Crippen LogP) is 2.94. The molecule has 4 rings (SSSR count). The Labute approximate surface area is 195 Å². The topological polar surface area (TPSA) is 100 Å². The van der Waals surface area contributed by atoms with E-state index in [1.807, 2.05) is 6.07 Å². The highest BCUT2D eigenvalue weighted by molar-refractivity contribution is 5.96. The minimum atomic E-state index is -4.53. The number of carbonyl (C=O) groups excluding carboxylic acids is 2. The lowest BCUT2D eigenvalue weighted by Crippen LogP contribution is -2.63. The van der Waals surface area contributed by atoms with Gasteiger partial charge in [-0.15, -0.1) is 0 Å². The molecule has 1 aliphatic carbocycles.